The Hall–Kier alpha value is -2.30. The Morgan fingerprint density at radius 1 is 1.47 bits per heavy atom. The lowest BCUT2D eigenvalue weighted by Gasteiger charge is -2.10. The molecule has 1 N–H and O–H groups in total. The van der Waals surface area contributed by atoms with E-state index < -0.39 is 0 Å². The summed E-state index contributed by atoms with van der Waals surface area (Å²) < 4.78 is 5.76. The van der Waals surface area contributed by atoms with Gasteiger partial charge in [0.15, 0.2) is 12.4 Å². The third-order valence-electron chi connectivity index (χ3n) is 2.35. The highest BCUT2D eigenvalue weighted by Crippen LogP contribution is 2.12. The molecule has 2 heterocycles. The molecule has 0 radical (unpaired) electrons. The number of carbonyl (C=O) groups excluding carboxylic acids is 1. The summed E-state index contributed by atoms with van der Waals surface area (Å²) in [5.41, 5.74) is 0.320. The molecule has 0 saturated carbocycles. The maximum absolute atomic E-state index is 11.8. The molecule has 1 amide bonds. The summed E-state index contributed by atoms with van der Waals surface area (Å²) in [6, 6.07) is 6.41. The van der Waals surface area contributed by atoms with Gasteiger partial charge in [0.25, 0.3) is 5.91 Å². The number of pyridine rings is 1. The van der Waals surface area contributed by atoms with E-state index in [4.69, 9.17) is 4.42 Å². The van der Waals surface area contributed by atoms with Crippen LogP contribution >= 0.6 is 0 Å². The molecule has 1 atom stereocenters. The van der Waals surface area contributed by atoms with Gasteiger partial charge in [-0.15, -0.1) is 0 Å². The van der Waals surface area contributed by atoms with E-state index in [1.54, 1.807) is 24.5 Å². The van der Waals surface area contributed by atoms with Crippen molar-refractivity contribution in [3.05, 3.63) is 59.5 Å². The van der Waals surface area contributed by atoms with Crippen LogP contribution in [0.4, 0.5) is 0 Å². The van der Waals surface area contributed by atoms with Gasteiger partial charge in [-0.05, 0) is 25.1 Å². The summed E-state index contributed by atoms with van der Waals surface area (Å²) in [5.74, 6) is 0.364. The maximum Gasteiger partial charge on any atom is 0.257 e. The Bertz CT molecular complexity index is 508. The SMILES string of the molecule is CC(NC(=O)c1ccc[n+]([O-])c1)c1ccco1. The molecule has 0 aliphatic carbocycles. The quantitative estimate of drug-likeness (QED) is 0.642. The highest BCUT2D eigenvalue weighted by Gasteiger charge is 2.14. The zero-order valence-corrected chi connectivity index (χ0v) is 9.29. The van der Waals surface area contributed by atoms with E-state index in [1.807, 2.05) is 6.92 Å². The molecule has 0 aliphatic rings. The lowest BCUT2D eigenvalue weighted by Crippen LogP contribution is -2.31. The second-order valence-corrected chi connectivity index (χ2v) is 3.66. The fraction of sp³-hybridized carbons (Fsp3) is 0.167. The molecule has 2 rings (SSSR count). The van der Waals surface area contributed by atoms with Crippen LogP contribution in [0.1, 0.15) is 29.1 Å². The average Bonchev–Trinajstić information content (AvgIpc) is 2.82. The molecule has 0 fully saturated rings. The Kier molecular flexibility index (Phi) is 3.09. The van der Waals surface area contributed by atoms with Crippen LogP contribution in [-0.4, -0.2) is 5.91 Å². The number of aromatic nitrogens is 1. The van der Waals surface area contributed by atoms with Crippen LogP contribution in [0.2, 0.25) is 0 Å². The Labute approximate surface area is 98.3 Å². The minimum absolute atomic E-state index is 0.238. The van der Waals surface area contributed by atoms with E-state index in [-0.39, 0.29) is 11.9 Å². The van der Waals surface area contributed by atoms with Gasteiger partial charge >= 0.3 is 0 Å². The van der Waals surface area contributed by atoms with E-state index in [9.17, 15) is 10.0 Å². The third-order valence-corrected chi connectivity index (χ3v) is 2.35. The normalized spacial score (nSPS) is 12.1. The topological polar surface area (TPSA) is 69.2 Å². The first-order valence-corrected chi connectivity index (χ1v) is 5.20. The van der Waals surface area contributed by atoms with E-state index in [2.05, 4.69) is 5.32 Å². The van der Waals surface area contributed by atoms with Crippen molar-refractivity contribution in [3.63, 3.8) is 0 Å². The predicted octanol–water partition coefficient (Wildman–Crippen LogP) is 1.40. The van der Waals surface area contributed by atoms with Gasteiger partial charge in [-0.2, -0.15) is 4.73 Å². The molecule has 0 spiro atoms. The molecule has 0 bridgehead atoms. The van der Waals surface area contributed by atoms with Crippen LogP contribution in [0.15, 0.2) is 47.3 Å². The first-order valence-electron chi connectivity index (χ1n) is 5.20. The minimum atomic E-state index is -0.306. The molecule has 5 nitrogen and oxygen atoms in total. The monoisotopic (exact) mass is 232 g/mol. The summed E-state index contributed by atoms with van der Waals surface area (Å²) in [6.45, 7) is 1.81. The smallest absolute Gasteiger partial charge is 0.257 e. The first-order chi connectivity index (χ1) is 8.16. The van der Waals surface area contributed by atoms with E-state index in [1.165, 1.54) is 18.5 Å². The van der Waals surface area contributed by atoms with Crippen molar-refractivity contribution >= 4 is 5.91 Å². The third kappa shape index (κ3) is 2.63. The Morgan fingerprint density at radius 3 is 2.94 bits per heavy atom. The van der Waals surface area contributed by atoms with Crippen molar-refractivity contribution in [2.45, 2.75) is 13.0 Å². The van der Waals surface area contributed by atoms with Crippen LogP contribution in [0.3, 0.4) is 0 Å². The van der Waals surface area contributed by atoms with Gasteiger partial charge < -0.3 is 14.9 Å². The number of hydrogen-bond donors (Lipinski definition) is 1. The number of hydrogen-bond acceptors (Lipinski definition) is 3. The van der Waals surface area contributed by atoms with E-state index in [0.29, 0.717) is 16.1 Å². The molecule has 0 aromatic carbocycles. The van der Waals surface area contributed by atoms with Crippen molar-refractivity contribution < 1.29 is 13.9 Å². The van der Waals surface area contributed by atoms with Crippen molar-refractivity contribution in [2.75, 3.05) is 0 Å². The minimum Gasteiger partial charge on any atom is -0.619 e. The second kappa shape index (κ2) is 4.69. The molecule has 88 valence electrons. The van der Waals surface area contributed by atoms with Gasteiger partial charge in [0.1, 0.15) is 11.3 Å². The summed E-state index contributed by atoms with van der Waals surface area (Å²) >= 11 is 0. The highest BCUT2D eigenvalue weighted by molar-refractivity contribution is 5.93. The molecule has 0 saturated heterocycles. The van der Waals surface area contributed by atoms with Crippen LogP contribution in [0.5, 0.6) is 0 Å². The highest BCUT2D eigenvalue weighted by atomic mass is 16.5. The molecule has 2 aromatic rings. The molecular formula is C12H12N2O3. The fourth-order valence-electron chi connectivity index (χ4n) is 1.48. The molecule has 0 aliphatic heterocycles. The van der Waals surface area contributed by atoms with Gasteiger partial charge in [-0.1, -0.05) is 0 Å². The fourth-order valence-corrected chi connectivity index (χ4v) is 1.48. The number of rotatable bonds is 3. The zero-order valence-electron chi connectivity index (χ0n) is 9.29. The Morgan fingerprint density at radius 2 is 2.29 bits per heavy atom. The standard InChI is InChI=1S/C12H12N2O3/c1-9(11-5-3-7-17-11)13-12(15)10-4-2-6-14(16)8-10/h2-9H,1H3,(H,13,15). The number of nitrogens with one attached hydrogen (secondary N) is 1. The summed E-state index contributed by atoms with van der Waals surface area (Å²) in [5, 5.41) is 13.8. The molecule has 2 aromatic heterocycles. The van der Waals surface area contributed by atoms with Gasteiger partial charge in [0.2, 0.25) is 0 Å². The molecule has 5 heteroatoms. The van der Waals surface area contributed by atoms with Gasteiger partial charge in [0.05, 0.1) is 12.3 Å². The molecule has 1 unspecified atom stereocenters. The lowest BCUT2D eigenvalue weighted by molar-refractivity contribution is -0.605. The Balaban J connectivity index is 2.07. The zero-order chi connectivity index (χ0) is 12.3. The summed E-state index contributed by atoms with van der Waals surface area (Å²) in [6.07, 6.45) is 4.10. The predicted molar refractivity (Wildman–Crippen MR) is 60.0 cm³/mol. The summed E-state index contributed by atoms with van der Waals surface area (Å²) in [4.78, 5) is 11.8. The van der Waals surface area contributed by atoms with Gasteiger partial charge in [-0.3, -0.25) is 4.79 Å². The average molecular weight is 232 g/mol. The maximum atomic E-state index is 11.8. The van der Waals surface area contributed by atoms with Crippen molar-refractivity contribution in [1.82, 2.24) is 5.32 Å². The van der Waals surface area contributed by atoms with E-state index >= 15 is 0 Å². The summed E-state index contributed by atoms with van der Waals surface area (Å²) in [7, 11) is 0. The number of nitrogens with zero attached hydrogens (tertiary/aromatic N) is 1. The van der Waals surface area contributed by atoms with Crippen LogP contribution < -0.4 is 10.0 Å². The van der Waals surface area contributed by atoms with Crippen molar-refractivity contribution in [1.29, 1.82) is 0 Å². The molecular weight excluding hydrogens is 220 g/mol. The van der Waals surface area contributed by atoms with Gasteiger partial charge in [-0.25, -0.2) is 0 Å². The largest absolute Gasteiger partial charge is 0.619 e. The lowest BCUT2D eigenvalue weighted by atomic mass is 10.2. The first kappa shape index (κ1) is 11.2. The van der Waals surface area contributed by atoms with Crippen molar-refractivity contribution in [2.24, 2.45) is 0 Å². The van der Waals surface area contributed by atoms with Crippen molar-refractivity contribution in [3.8, 4) is 0 Å². The van der Waals surface area contributed by atoms with Crippen LogP contribution in [-0.2, 0) is 0 Å². The van der Waals surface area contributed by atoms with Crippen LogP contribution in [0, 0.1) is 5.21 Å². The van der Waals surface area contributed by atoms with Gasteiger partial charge in [0, 0.05) is 6.07 Å². The number of amides is 1. The van der Waals surface area contributed by atoms with E-state index in [0.717, 1.165) is 0 Å². The number of furan rings is 1. The number of carbonyl (C=O) groups is 1. The second-order valence-electron chi connectivity index (χ2n) is 3.66. The molecule has 17 heavy (non-hydrogen) atoms. The van der Waals surface area contributed by atoms with Crippen LogP contribution in [0.25, 0.3) is 0 Å².